The Morgan fingerprint density at radius 3 is 2.00 bits per heavy atom. The van der Waals surface area contributed by atoms with Gasteiger partial charge < -0.3 is 30.5 Å². The topological polar surface area (TPSA) is 169 Å². The largest absolute Gasteiger partial charge is 0.494 e. The number of ether oxygens (including phenoxy) is 2. The van der Waals surface area contributed by atoms with Crippen LogP contribution in [0.3, 0.4) is 0 Å². The molecule has 0 aliphatic rings. The molecule has 0 saturated carbocycles. The van der Waals surface area contributed by atoms with Crippen LogP contribution in [-0.4, -0.2) is 64.2 Å². The normalized spacial score (nSPS) is 12.1. The first-order valence-electron chi connectivity index (χ1n) is 21.4. The van der Waals surface area contributed by atoms with E-state index in [0.29, 0.717) is 18.0 Å². The lowest BCUT2D eigenvalue weighted by Crippen LogP contribution is -2.52. The number of alkyl carbamates (subject to hydrolysis) is 1. The Labute approximate surface area is 364 Å². The Morgan fingerprint density at radius 1 is 0.694 bits per heavy atom. The highest BCUT2D eigenvalue weighted by atomic mass is 16.5. The Morgan fingerprint density at radius 2 is 1.35 bits per heavy atom. The molecule has 0 aliphatic carbocycles. The number of hydrogen-bond donors (Lipinski definition) is 4. The van der Waals surface area contributed by atoms with Crippen molar-refractivity contribution in [2.45, 2.75) is 103 Å². The van der Waals surface area contributed by atoms with Gasteiger partial charge in [0.05, 0.1) is 6.61 Å². The Balaban J connectivity index is 1.21. The minimum atomic E-state index is -1.27. The number of carboxylic acids is 1. The van der Waals surface area contributed by atoms with Crippen molar-refractivity contribution in [3.8, 4) is 28.3 Å². The number of amides is 3. The molecule has 5 aromatic rings. The van der Waals surface area contributed by atoms with Crippen LogP contribution >= 0.6 is 0 Å². The molecule has 2 atom stereocenters. The molecule has 326 valence electrons. The number of nitrogens with zero attached hydrogens (tertiary/aromatic N) is 2. The quantitative estimate of drug-likeness (QED) is 0.0497. The predicted molar refractivity (Wildman–Crippen MR) is 241 cm³/mol. The van der Waals surface area contributed by atoms with E-state index in [1.807, 2.05) is 91.0 Å². The third-order valence-electron chi connectivity index (χ3n) is 10.4. The third-order valence-corrected chi connectivity index (χ3v) is 10.4. The van der Waals surface area contributed by atoms with Crippen molar-refractivity contribution >= 4 is 23.9 Å². The Hall–Kier alpha value is -6.56. The Kier molecular flexibility index (Phi) is 17.6. The molecule has 0 fully saturated rings. The molecule has 0 saturated heterocycles. The van der Waals surface area contributed by atoms with E-state index in [0.717, 1.165) is 45.6 Å². The first kappa shape index (κ1) is 46.5. The number of unbranched alkanes of at least 4 members (excludes halogenated alkanes) is 4. The van der Waals surface area contributed by atoms with Gasteiger partial charge in [-0.1, -0.05) is 132 Å². The van der Waals surface area contributed by atoms with Crippen LogP contribution in [-0.2, 0) is 32.8 Å². The standard InChI is InChI=1S/C50H59N5O7/c1-5-6-7-8-12-30-61-42-27-23-37(24-28-42)40-32-52-45(53-33-40)38-19-17-35(18-20-38)31-44(55-46(56)39-21-25-41(26-22-39)50(2,3)4)47(57)54-43(48(58)59)16-13-29-51-49(60)62-34-36-14-10-9-11-15-36/h9-11,14-15,17-28,32-33,43-44H,5-8,12-13,16,29-31,34H2,1-4H3,(H,51,60)(H,54,57)(H,55,56)(H,58,59)/t43-,44+/m1/s1. The number of aliphatic carboxylic acids is 1. The molecule has 4 aromatic carbocycles. The summed E-state index contributed by atoms with van der Waals surface area (Å²) in [6.45, 7) is 9.38. The average Bonchev–Trinajstić information content (AvgIpc) is 3.28. The fourth-order valence-corrected chi connectivity index (χ4v) is 6.66. The first-order valence-corrected chi connectivity index (χ1v) is 21.4. The summed E-state index contributed by atoms with van der Waals surface area (Å²) in [6, 6.07) is 29.3. The fourth-order valence-electron chi connectivity index (χ4n) is 6.66. The number of rotatable bonds is 22. The van der Waals surface area contributed by atoms with Gasteiger partial charge in [-0.05, 0) is 71.2 Å². The molecule has 5 rings (SSSR count). The molecule has 0 spiro atoms. The average molecular weight is 842 g/mol. The highest BCUT2D eigenvalue weighted by molar-refractivity contribution is 5.98. The van der Waals surface area contributed by atoms with Crippen molar-refractivity contribution in [3.05, 3.63) is 138 Å². The van der Waals surface area contributed by atoms with E-state index >= 15 is 0 Å². The summed E-state index contributed by atoms with van der Waals surface area (Å²) in [6.07, 6.45) is 9.22. The maximum absolute atomic E-state index is 13.8. The maximum Gasteiger partial charge on any atom is 0.407 e. The minimum Gasteiger partial charge on any atom is -0.494 e. The van der Waals surface area contributed by atoms with Crippen molar-refractivity contribution < 1.29 is 33.8 Å². The number of nitrogens with one attached hydrogen (secondary N) is 3. The van der Waals surface area contributed by atoms with Gasteiger partial charge in [0.15, 0.2) is 5.82 Å². The Bertz CT molecular complexity index is 2170. The second-order valence-corrected chi connectivity index (χ2v) is 16.4. The second-order valence-electron chi connectivity index (χ2n) is 16.4. The number of carboxylic acid groups (broad SMARTS) is 1. The zero-order valence-corrected chi connectivity index (χ0v) is 36.2. The van der Waals surface area contributed by atoms with E-state index in [4.69, 9.17) is 9.47 Å². The number of hydrogen-bond acceptors (Lipinski definition) is 8. The van der Waals surface area contributed by atoms with Crippen LogP contribution in [0.5, 0.6) is 5.75 Å². The molecule has 12 nitrogen and oxygen atoms in total. The number of benzene rings is 4. The van der Waals surface area contributed by atoms with E-state index in [-0.39, 0.29) is 37.8 Å². The summed E-state index contributed by atoms with van der Waals surface area (Å²) >= 11 is 0. The number of carbonyl (C=O) groups excluding carboxylic acids is 3. The van der Waals surface area contributed by atoms with E-state index in [9.17, 15) is 24.3 Å². The van der Waals surface area contributed by atoms with Crippen LogP contribution in [0.1, 0.15) is 99.7 Å². The lowest BCUT2D eigenvalue weighted by atomic mass is 9.86. The summed E-state index contributed by atoms with van der Waals surface area (Å²) in [5.41, 5.74) is 5.46. The van der Waals surface area contributed by atoms with Crippen molar-refractivity contribution in [1.82, 2.24) is 25.9 Å². The molecular formula is C50H59N5O7. The van der Waals surface area contributed by atoms with Gasteiger partial charge in [-0.3, -0.25) is 9.59 Å². The molecule has 3 amide bonds. The van der Waals surface area contributed by atoms with Gasteiger partial charge in [-0.25, -0.2) is 19.6 Å². The van der Waals surface area contributed by atoms with Crippen LogP contribution in [0.2, 0.25) is 0 Å². The molecule has 0 radical (unpaired) electrons. The van der Waals surface area contributed by atoms with Crippen LogP contribution in [0.25, 0.3) is 22.5 Å². The van der Waals surface area contributed by atoms with E-state index < -0.39 is 36.0 Å². The molecule has 0 aliphatic heterocycles. The first-order chi connectivity index (χ1) is 29.9. The molecular weight excluding hydrogens is 783 g/mol. The van der Waals surface area contributed by atoms with E-state index in [1.54, 1.807) is 24.5 Å². The zero-order valence-electron chi connectivity index (χ0n) is 36.2. The monoisotopic (exact) mass is 841 g/mol. The van der Waals surface area contributed by atoms with E-state index in [2.05, 4.69) is 53.6 Å². The fraction of sp³-hybridized carbons (Fsp3) is 0.360. The van der Waals surface area contributed by atoms with Crippen molar-refractivity contribution in [2.24, 2.45) is 0 Å². The molecule has 0 bridgehead atoms. The molecule has 62 heavy (non-hydrogen) atoms. The van der Waals surface area contributed by atoms with Gasteiger partial charge in [0.1, 0.15) is 24.4 Å². The molecule has 0 unspecified atom stereocenters. The van der Waals surface area contributed by atoms with Gasteiger partial charge in [0.2, 0.25) is 5.91 Å². The summed E-state index contributed by atoms with van der Waals surface area (Å²) < 4.78 is 11.1. The molecule has 1 heterocycles. The van der Waals surface area contributed by atoms with E-state index in [1.165, 1.54) is 25.7 Å². The van der Waals surface area contributed by atoms with Crippen LogP contribution in [0.15, 0.2) is 116 Å². The molecule has 1 aromatic heterocycles. The van der Waals surface area contributed by atoms with Gasteiger partial charge in [0.25, 0.3) is 5.91 Å². The lowest BCUT2D eigenvalue weighted by molar-refractivity contribution is -0.142. The van der Waals surface area contributed by atoms with Crippen molar-refractivity contribution in [1.29, 1.82) is 0 Å². The highest BCUT2D eigenvalue weighted by Gasteiger charge is 2.27. The number of aromatic nitrogens is 2. The lowest BCUT2D eigenvalue weighted by Gasteiger charge is -2.22. The minimum absolute atomic E-state index is 0.0292. The summed E-state index contributed by atoms with van der Waals surface area (Å²) in [5.74, 6) is -1.01. The molecule has 12 heteroatoms. The summed E-state index contributed by atoms with van der Waals surface area (Å²) in [7, 11) is 0. The maximum atomic E-state index is 13.8. The van der Waals surface area contributed by atoms with Crippen LogP contribution < -0.4 is 20.7 Å². The highest BCUT2D eigenvalue weighted by Crippen LogP contribution is 2.25. The second kappa shape index (κ2) is 23.4. The summed E-state index contributed by atoms with van der Waals surface area (Å²) in [5, 5.41) is 18.1. The van der Waals surface area contributed by atoms with Gasteiger partial charge in [0, 0.05) is 42.0 Å². The van der Waals surface area contributed by atoms with Gasteiger partial charge >= 0.3 is 12.1 Å². The van der Waals surface area contributed by atoms with Gasteiger partial charge in [-0.15, -0.1) is 0 Å². The smallest absolute Gasteiger partial charge is 0.407 e. The zero-order chi connectivity index (χ0) is 44.3. The van der Waals surface area contributed by atoms with Crippen molar-refractivity contribution in [3.63, 3.8) is 0 Å². The van der Waals surface area contributed by atoms with Gasteiger partial charge in [-0.2, -0.15) is 0 Å². The summed E-state index contributed by atoms with van der Waals surface area (Å²) in [4.78, 5) is 61.0. The third kappa shape index (κ3) is 14.9. The van der Waals surface area contributed by atoms with Crippen molar-refractivity contribution in [2.75, 3.05) is 13.2 Å². The SMILES string of the molecule is CCCCCCCOc1ccc(-c2cnc(-c3ccc(C[C@H](NC(=O)c4ccc(C(C)(C)C)cc4)C(=O)N[C@H](CCCNC(=O)OCc4ccccc4)C(=O)O)cc3)nc2)cc1. The van der Waals surface area contributed by atoms with Crippen LogP contribution in [0.4, 0.5) is 4.79 Å². The predicted octanol–water partition coefficient (Wildman–Crippen LogP) is 9.07. The molecule has 4 N–H and O–H groups in total. The van der Waals surface area contributed by atoms with Crippen LogP contribution in [0, 0.1) is 0 Å². The number of carbonyl (C=O) groups is 4.